The maximum atomic E-state index is 13.6. The molecule has 0 spiro atoms. The van der Waals surface area contributed by atoms with Crippen molar-refractivity contribution >= 4 is 0 Å². The van der Waals surface area contributed by atoms with Crippen LogP contribution >= 0.6 is 0 Å². The predicted molar refractivity (Wildman–Crippen MR) is 107 cm³/mol. The van der Waals surface area contributed by atoms with Gasteiger partial charge in [-0.3, -0.25) is 4.90 Å². The number of ether oxygens (including phenoxy) is 1. The lowest BCUT2D eigenvalue weighted by atomic mass is 9.94. The zero-order valence-corrected chi connectivity index (χ0v) is 16.6. The van der Waals surface area contributed by atoms with Crippen molar-refractivity contribution in [1.29, 1.82) is 0 Å². The van der Waals surface area contributed by atoms with E-state index in [9.17, 15) is 4.39 Å². The Kier molecular flexibility index (Phi) is 6.80. The van der Waals surface area contributed by atoms with Gasteiger partial charge in [-0.1, -0.05) is 25.0 Å². The summed E-state index contributed by atoms with van der Waals surface area (Å²) in [6.07, 6.45) is 11.0. The Morgan fingerprint density at radius 1 is 1.00 bits per heavy atom. The maximum absolute atomic E-state index is 13.6. The van der Waals surface area contributed by atoms with Crippen LogP contribution in [0, 0.1) is 11.7 Å². The lowest BCUT2D eigenvalue weighted by molar-refractivity contribution is 0.0540. The van der Waals surface area contributed by atoms with Crippen molar-refractivity contribution in [1.82, 2.24) is 9.80 Å². The standard InChI is InChI=1S/C23H35FN2O/c24-21-6-3-5-20(15-21)17-25(18-23-9-4-14-27-23)16-19-10-12-26(13-11-19)22-7-1-2-8-22/h3,5-6,15,19,22-23H,1-2,4,7-14,16-18H2/t23-/m0/s1. The van der Waals surface area contributed by atoms with Crippen molar-refractivity contribution in [3.05, 3.63) is 35.6 Å². The summed E-state index contributed by atoms with van der Waals surface area (Å²) in [5.41, 5.74) is 1.08. The normalized spacial score (nSPS) is 25.6. The number of benzene rings is 1. The van der Waals surface area contributed by atoms with Gasteiger partial charge in [-0.05, 0) is 75.2 Å². The summed E-state index contributed by atoms with van der Waals surface area (Å²) in [5.74, 6) is 0.632. The van der Waals surface area contributed by atoms with Gasteiger partial charge in [-0.15, -0.1) is 0 Å². The minimum absolute atomic E-state index is 0.130. The van der Waals surface area contributed by atoms with Gasteiger partial charge in [-0.2, -0.15) is 0 Å². The Morgan fingerprint density at radius 2 is 1.81 bits per heavy atom. The highest BCUT2D eigenvalue weighted by atomic mass is 19.1. The fourth-order valence-corrected chi connectivity index (χ4v) is 5.31. The smallest absolute Gasteiger partial charge is 0.123 e. The maximum Gasteiger partial charge on any atom is 0.123 e. The Bertz CT molecular complexity index is 575. The first kappa shape index (κ1) is 19.4. The van der Waals surface area contributed by atoms with Crippen LogP contribution in [0.3, 0.4) is 0 Å². The van der Waals surface area contributed by atoms with E-state index in [2.05, 4.69) is 9.80 Å². The summed E-state index contributed by atoms with van der Waals surface area (Å²) >= 11 is 0. The summed E-state index contributed by atoms with van der Waals surface area (Å²) in [6, 6.07) is 7.96. The molecule has 0 unspecified atom stereocenters. The minimum Gasteiger partial charge on any atom is -0.377 e. The third kappa shape index (κ3) is 5.52. The molecule has 4 rings (SSSR count). The molecule has 27 heavy (non-hydrogen) atoms. The van der Waals surface area contributed by atoms with Crippen LogP contribution in [0.15, 0.2) is 24.3 Å². The molecular formula is C23H35FN2O. The second-order valence-electron chi connectivity index (χ2n) is 8.88. The SMILES string of the molecule is Fc1cccc(CN(CC2CCN(C3CCCC3)CC2)C[C@@H]2CCCO2)c1. The molecule has 4 heteroatoms. The molecule has 3 aliphatic rings. The van der Waals surface area contributed by atoms with Crippen molar-refractivity contribution in [3.8, 4) is 0 Å². The van der Waals surface area contributed by atoms with E-state index in [0.717, 1.165) is 43.8 Å². The van der Waals surface area contributed by atoms with Crippen molar-refractivity contribution in [2.45, 2.75) is 70.1 Å². The molecule has 1 aliphatic carbocycles. The van der Waals surface area contributed by atoms with Crippen LogP contribution in [-0.4, -0.2) is 54.7 Å². The fraction of sp³-hybridized carbons (Fsp3) is 0.739. The molecule has 2 saturated heterocycles. The molecule has 0 amide bonds. The third-order valence-corrected chi connectivity index (χ3v) is 6.79. The van der Waals surface area contributed by atoms with Crippen molar-refractivity contribution in [2.24, 2.45) is 5.92 Å². The number of hydrogen-bond acceptors (Lipinski definition) is 3. The Balaban J connectivity index is 1.32. The second kappa shape index (κ2) is 9.49. The average Bonchev–Trinajstić information content (AvgIpc) is 3.36. The van der Waals surface area contributed by atoms with E-state index in [1.807, 2.05) is 12.1 Å². The molecule has 2 heterocycles. The lowest BCUT2D eigenvalue weighted by Gasteiger charge is -2.38. The van der Waals surface area contributed by atoms with E-state index in [4.69, 9.17) is 4.74 Å². The summed E-state index contributed by atoms with van der Waals surface area (Å²) in [4.78, 5) is 5.28. The van der Waals surface area contributed by atoms with Crippen LogP contribution in [-0.2, 0) is 11.3 Å². The van der Waals surface area contributed by atoms with Crippen molar-refractivity contribution in [3.63, 3.8) is 0 Å². The molecule has 1 atom stereocenters. The van der Waals surface area contributed by atoms with E-state index in [1.165, 1.54) is 70.5 Å². The minimum atomic E-state index is -0.130. The van der Waals surface area contributed by atoms with Crippen molar-refractivity contribution in [2.75, 3.05) is 32.8 Å². The Morgan fingerprint density at radius 3 is 2.52 bits per heavy atom. The molecule has 1 aromatic carbocycles. The van der Waals surface area contributed by atoms with E-state index in [1.54, 1.807) is 6.07 Å². The van der Waals surface area contributed by atoms with E-state index < -0.39 is 0 Å². The van der Waals surface area contributed by atoms with Crippen LogP contribution in [0.5, 0.6) is 0 Å². The number of likely N-dealkylation sites (tertiary alicyclic amines) is 1. The van der Waals surface area contributed by atoms with Gasteiger partial charge >= 0.3 is 0 Å². The highest BCUT2D eigenvalue weighted by molar-refractivity contribution is 5.16. The summed E-state index contributed by atoms with van der Waals surface area (Å²) in [5, 5.41) is 0. The van der Waals surface area contributed by atoms with Crippen molar-refractivity contribution < 1.29 is 9.13 Å². The van der Waals surface area contributed by atoms with Crippen LogP contribution in [0.1, 0.15) is 56.9 Å². The Labute approximate surface area is 163 Å². The number of nitrogens with zero attached hydrogens (tertiary/aromatic N) is 2. The average molecular weight is 375 g/mol. The zero-order valence-electron chi connectivity index (χ0n) is 16.6. The molecule has 1 aromatic rings. The first-order chi connectivity index (χ1) is 13.3. The summed E-state index contributed by atoms with van der Waals surface area (Å²) in [7, 11) is 0. The van der Waals surface area contributed by atoms with Gasteiger partial charge in [0.25, 0.3) is 0 Å². The highest BCUT2D eigenvalue weighted by Gasteiger charge is 2.28. The molecule has 0 aromatic heterocycles. The molecule has 0 bridgehead atoms. The molecule has 0 N–H and O–H groups in total. The first-order valence-corrected chi connectivity index (χ1v) is 11.1. The summed E-state index contributed by atoms with van der Waals surface area (Å²) in [6.45, 7) is 6.37. The monoisotopic (exact) mass is 374 g/mol. The number of piperidine rings is 1. The Hall–Kier alpha value is -0.970. The van der Waals surface area contributed by atoms with Gasteiger partial charge < -0.3 is 9.64 Å². The van der Waals surface area contributed by atoms with Crippen LogP contribution in [0.4, 0.5) is 4.39 Å². The number of hydrogen-bond donors (Lipinski definition) is 0. The topological polar surface area (TPSA) is 15.7 Å². The largest absolute Gasteiger partial charge is 0.377 e. The molecule has 2 aliphatic heterocycles. The molecule has 1 saturated carbocycles. The molecule has 3 nitrogen and oxygen atoms in total. The third-order valence-electron chi connectivity index (χ3n) is 6.79. The number of halogens is 1. The van der Waals surface area contributed by atoms with E-state index >= 15 is 0 Å². The van der Waals surface area contributed by atoms with Gasteiger partial charge in [0, 0.05) is 32.3 Å². The van der Waals surface area contributed by atoms with E-state index in [0.29, 0.717) is 6.10 Å². The van der Waals surface area contributed by atoms with Gasteiger partial charge in [0.2, 0.25) is 0 Å². The summed E-state index contributed by atoms with van der Waals surface area (Å²) < 4.78 is 19.5. The quantitative estimate of drug-likeness (QED) is 0.701. The van der Waals surface area contributed by atoms with Crippen LogP contribution in [0.25, 0.3) is 0 Å². The zero-order chi connectivity index (χ0) is 18.5. The van der Waals surface area contributed by atoms with Gasteiger partial charge in [0.15, 0.2) is 0 Å². The predicted octanol–water partition coefficient (Wildman–Crippen LogP) is 4.46. The molecule has 150 valence electrons. The first-order valence-electron chi connectivity index (χ1n) is 11.1. The number of rotatable bonds is 7. The second-order valence-corrected chi connectivity index (χ2v) is 8.88. The van der Waals surface area contributed by atoms with Crippen LogP contribution < -0.4 is 0 Å². The molecule has 0 radical (unpaired) electrons. The molecule has 3 fully saturated rings. The van der Waals surface area contributed by atoms with Crippen LogP contribution in [0.2, 0.25) is 0 Å². The van der Waals surface area contributed by atoms with Gasteiger partial charge in [-0.25, -0.2) is 4.39 Å². The lowest BCUT2D eigenvalue weighted by Crippen LogP contribution is -2.43. The highest BCUT2D eigenvalue weighted by Crippen LogP contribution is 2.28. The van der Waals surface area contributed by atoms with Gasteiger partial charge in [0.1, 0.15) is 5.82 Å². The van der Waals surface area contributed by atoms with E-state index in [-0.39, 0.29) is 5.82 Å². The van der Waals surface area contributed by atoms with Gasteiger partial charge in [0.05, 0.1) is 6.10 Å². The molecular weight excluding hydrogens is 339 g/mol. The fourth-order valence-electron chi connectivity index (χ4n) is 5.31.